The van der Waals surface area contributed by atoms with Gasteiger partial charge in [0, 0.05) is 16.6 Å². The number of nitrogens with one attached hydrogen (secondary N) is 1. The third kappa shape index (κ3) is 3.26. The van der Waals surface area contributed by atoms with Gasteiger partial charge in [0.2, 0.25) is 0 Å². The van der Waals surface area contributed by atoms with Crippen LogP contribution in [0.1, 0.15) is 5.56 Å². The van der Waals surface area contributed by atoms with Gasteiger partial charge in [-0.15, -0.1) is 0 Å². The molecule has 0 aliphatic rings. The van der Waals surface area contributed by atoms with E-state index in [1.54, 1.807) is 0 Å². The predicted octanol–water partition coefficient (Wildman–Crippen LogP) is 3.65. The second-order valence-corrected chi connectivity index (χ2v) is 6.26. The predicted molar refractivity (Wildman–Crippen MR) is 106 cm³/mol. The molecule has 0 fully saturated rings. The van der Waals surface area contributed by atoms with Crippen LogP contribution in [0.4, 0.5) is 11.5 Å². The van der Waals surface area contributed by atoms with E-state index in [1.807, 2.05) is 48.5 Å². The van der Waals surface area contributed by atoms with Gasteiger partial charge in [0.1, 0.15) is 5.82 Å². The van der Waals surface area contributed by atoms with Crippen LogP contribution >= 0.6 is 0 Å². The van der Waals surface area contributed by atoms with E-state index in [4.69, 9.17) is 0 Å². The van der Waals surface area contributed by atoms with Crippen molar-refractivity contribution in [3.8, 4) is 28.6 Å². The van der Waals surface area contributed by atoms with E-state index in [1.165, 1.54) is 12.1 Å². The summed E-state index contributed by atoms with van der Waals surface area (Å²) in [4.78, 5) is 9.04. The summed E-state index contributed by atoms with van der Waals surface area (Å²) >= 11 is 0. The molecule has 0 bridgehead atoms. The van der Waals surface area contributed by atoms with E-state index in [9.17, 15) is 20.4 Å². The Balaban J connectivity index is 1.83. The van der Waals surface area contributed by atoms with Crippen LogP contribution in [0.3, 0.4) is 0 Å². The molecule has 4 rings (SSSR count). The molecule has 3 aromatic carbocycles. The fourth-order valence-electron chi connectivity index (χ4n) is 2.86. The van der Waals surface area contributed by atoms with Gasteiger partial charge in [0.15, 0.2) is 23.1 Å². The molecule has 0 radical (unpaired) electrons. The van der Waals surface area contributed by atoms with E-state index in [0.717, 1.165) is 16.6 Å². The first-order valence-electron chi connectivity index (χ1n) is 8.54. The van der Waals surface area contributed by atoms with Crippen molar-refractivity contribution in [1.29, 1.82) is 0 Å². The summed E-state index contributed by atoms with van der Waals surface area (Å²) in [5, 5.41) is 42.4. The first kappa shape index (κ1) is 17.6. The van der Waals surface area contributed by atoms with Gasteiger partial charge >= 0.3 is 0 Å². The third-order valence-electron chi connectivity index (χ3n) is 4.33. The maximum Gasteiger partial charge on any atom is 0.200 e. The monoisotopic (exact) mass is 375 g/mol. The molecule has 1 heterocycles. The number of anilines is 2. The molecule has 0 aliphatic heterocycles. The molecule has 5 N–H and O–H groups in total. The van der Waals surface area contributed by atoms with Gasteiger partial charge in [-0.3, -0.25) is 0 Å². The molecule has 1 aromatic heterocycles. The zero-order valence-corrected chi connectivity index (χ0v) is 14.7. The molecule has 0 aliphatic carbocycles. The molecule has 7 nitrogen and oxygen atoms in total. The number of aromatic hydroxyl groups is 3. The third-order valence-corrected chi connectivity index (χ3v) is 4.33. The highest BCUT2D eigenvalue weighted by atomic mass is 16.3. The highest BCUT2D eigenvalue weighted by Gasteiger charge is 2.14. The number of aliphatic hydroxyl groups excluding tert-OH is 1. The van der Waals surface area contributed by atoms with Crippen molar-refractivity contribution in [2.24, 2.45) is 0 Å². The molecular weight excluding hydrogens is 358 g/mol. The Bertz CT molecular complexity index is 1140. The van der Waals surface area contributed by atoms with Crippen LogP contribution in [0.15, 0.2) is 60.7 Å². The minimum Gasteiger partial charge on any atom is -0.504 e. The van der Waals surface area contributed by atoms with Crippen molar-refractivity contribution in [3.05, 3.63) is 66.2 Å². The number of rotatable bonds is 4. The minimum absolute atomic E-state index is 0.0330. The molecule has 28 heavy (non-hydrogen) atoms. The van der Waals surface area contributed by atoms with Gasteiger partial charge in [-0.2, -0.15) is 0 Å². The molecule has 140 valence electrons. The van der Waals surface area contributed by atoms with Crippen LogP contribution in [0.25, 0.3) is 22.3 Å². The Labute approximate surface area is 160 Å². The highest BCUT2D eigenvalue weighted by molar-refractivity contribution is 5.92. The Hall–Kier alpha value is -3.84. The number of benzene rings is 3. The number of aliphatic hydroxyl groups is 1. The lowest BCUT2D eigenvalue weighted by molar-refractivity contribution is 0.282. The SMILES string of the molecule is OCc1ccc(Nc2nc(-c3cc(O)c(O)c(O)c3)nc3ccccc23)cc1. The summed E-state index contributed by atoms with van der Waals surface area (Å²) in [6.07, 6.45) is 0. The normalized spacial score (nSPS) is 10.9. The van der Waals surface area contributed by atoms with Gasteiger partial charge in [0.25, 0.3) is 0 Å². The Morgan fingerprint density at radius 2 is 1.50 bits per heavy atom. The quantitative estimate of drug-likeness (QED) is 0.345. The van der Waals surface area contributed by atoms with Crippen molar-refractivity contribution >= 4 is 22.4 Å². The van der Waals surface area contributed by atoms with Crippen molar-refractivity contribution in [1.82, 2.24) is 9.97 Å². The second kappa shape index (κ2) is 7.05. The van der Waals surface area contributed by atoms with E-state index >= 15 is 0 Å². The van der Waals surface area contributed by atoms with E-state index in [-0.39, 0.29) is 12.4 Å². The van der Waals surface area contributed by atoms with Gasteiger partial charge in [-0.25, -0.2) is 9.97 Å². The molecule has 0 saturated heterocycles. The maximum atomic E-state index is 9.81. The molecule has 0 saturated carbocycles. The number of phenols is 3. The fraction of sp³-hybridized carbons (Fsp3) is 0.0476. The average Bonchev–Trinajstić information content (AvgIpc) is 2.72. The van der Waals surface area contributed by atoms with Gasteiger partial charge in [-0.1, -0.05) is 24.3 Å². The summed E-state index contributed by atoms with van der Waals surface area (Å²) in [7, 11) is 0. The minimum atomic E-state index is -0.591. The van der Waals surface area contributed by atoms with Crippen LogP contribution in [0.5, 0.6) is 17.2 Å². The lowest BCUT2D eigenvalue weighted by Gasteiger charge is -2.12. The summed E-state index contributed by atoms with van der Waals surface area (Å²) in [5.74, 6) is -0.684. The number of nitrogens with zero attached hydrogens (tertiary/aromatic N) is 2. The average molecular weight is 375 g/mol. The first-order chi connectivity index (χ1) is 13.5. The van der Waals surface area contributed by atoms with E-state index in [0.29, 0.717) is 16.9 Å². The molecule has 0 unspecified atom stereocenters. The molecule has 7 heteroatoms. The Morgan fingerprint density at radius 1 is 0.821 bits per heavy atom. The van der Waals surface area contributed by atoms with Crippen LogP contribution in [0.2, 0.25) is 0 Å². The number of aromatic nitrogens is 2. The zero-order valence-electron chi connectivity index (χ0n) is 14.7. The summed E-state index contributed by atoms with van der Waals surface area (Å²) < 4.78 is 0. The number of hydrogen-bond donors (Lipinski definition) is 5. The zero-order chi connectivity index (χ0) is 19.7. The van der Waals surface area contributed by atoms with Crippen molar-refractivity contribution in [3.63, 3.8) is 0 Å². The van der Waals surface area contributed by atoms with Crippen molar-refractivity contribution < 1.29 is 20.4 Å². The van der Waals surface area contributed by atoms with Gasteiger partial charge < -0.3 is 25.7 Å². The smallest absolute Gasteiger partial charge is 0.200 e. The summed E-state index contributed by atoms with van der Waals surface area (Å²) in [6, 6.07) is 17.3. The lowest BCUT2D eigenvalue weighted by Crippen LogP contribution is -1.99. The van der Waals surface area contributed by atoms with Crippen LogP contribution in [0, 0.1) is 0 Å². The molecule has 4 aromatic rings. The van der Waals surface area contributed by atoms with E-state index in [2.05, 4.69) is 15.3 Å². The van der Waals surface area contributed by atoms with Gasteiger partial charge in [-0.05, 0) is 42.0 Å². The van der Waals surface area contributed by atoms with Crippen LogP contribution in [-0.4, -0.2) is 30.4 Å². The standard InChI is InChI=1S/C21H17N3O4/c25-11-12-5-7-14(8-6-12)22-21-15-3-1-2-4-16(15)23-20(24-21)13-9-17(26)19(28)18(27)10-13/h1-10,25-28H,11H2,(H,22,23,24). The second-order valence-electron chi connectivity index (χ2n) is 6.26. The maximum absolute atomic E-state index is 9.81. The molecule has 0 spiro atoms. The van der Waals surface area contributed by atoms with Crippen LogP contribution in [-0.2, 0) is 6.61 Å². The fourth-order valence-corrected chi connectivity index (χ4v) is 2.86. The number of para-hydroxylation sites is 1. The highest BCUT2D eigenvalue weighted by Crippen LogP contribution is 2.38. The molecule has 0 atom stereocenters. The van der Waals surface area contributed by atoms with Crippen molar-refractivity contribution in [2.45, 2.75) is 6.61 Å². The Morgan fingerprint density at radius 3 is 2.18 bits per heavy atom. The number of hydrogen-bond acceptors (Lipinski definition) is 7. The topological polar surface area (TPSA) is 119 Å². The van der Waals surface area contributed by atoms with Gasteiger partial charge in [0.05, 0.1) is 12.1 Å². The van der Waals surface area contributed by atoms with E-state index < -0.39 is 17.2 Å². The Kier molecular flexibility index (Phi) is 4.42. The molecule has 0 amide bonds. The first-order valence-corrected chi connectivity index (χ1v) is 8.54. The molecular formula is C21H17N3O4. The summed E-state index contributed by atoms with van der Waals surface area (Å²) in [6.45, 7) is -0.0330. The van der Waals surface area contributed by atoms with Crippen molar-refractivity contribution in [2.75, 3.05) is 5.32 Å². The van der Waals surface area contributed by atoms with Crippen LogP contribution < -0.4 is 5.32 Å². The number of fused-ring (bicyclic) bond motifs is 1. The lowest BCUT2D eigenvalue weighted by atomic mass is 10.1. The summed E-state index contributed by atoms with van der Waals surface area (Å²) in [5.41, 5.74) is 2.61. The largest absolute Gasteiger partial charge is 0.504 e. The number of phenolic OH excluding ortho intramolecular Hbond substituents is 3.